The van der Waals surface area contributed by atoms with Gasteiger partial charge in [-0.2, -0.15) is 4.98 Å². The van der Waals surface area contributed by atoms with E-state index in [-0.39, 0.29) is 11.2 Å². The van der Waals surface area contributed by atoms with Crippen molar-refractivity contribution in [1.29, 1.82) is 0 Å². The molecule has 3 heterocycles. The number of carbonyl (C=O) groups is 1. The zero-order chi connectivity index (χ0) is 18.4. The van der Waals surface area contributed by atoms with Crippen LogP contribution in [0.2, 0.25) is 0 Å². The second-order valence-corrected chi connectivity index (χ2v) is 7.24. The SMILES string of the molecule is O=C(Nc1ccsc1-c1nc(C2CC2)no1)c1cc(=O)c2ccccc2o1. The van der Waals surface area contributed by atoms with Crippen LogP contribution in [0.3, 0.4) is 0 Å². The van der Waals surface area contributed by atoms with Crippen molar-refractivity contribution in [2.75, 3.05) is 5.32 Å². The first-order valence-corrected chi connectivity index (χ1v) is 9.33. The van der Waals surface area contributed by atoms with Crippen LogP contribution < -0.4 is 10.7 Å². The minimum absolute atomic E-state index is 0.0555. The third kappa shape index (κ3) is 2.93. The Hall–Kier alpha value is -3.26. The highest BCUT2D eigenvalue weighted by Gasteiger charge is 2.29. The average Bonchev–Trinajstić information content (AvgIpc) is 3.23. The van der Waals surface area contributed by atoms with Crippen molar-refractivity contribution in [2.24, 2.45) is 0 Å². The summed E-state index contributed by atoms with van der Waals surface area (Å²) < 4.78 is 10.9. The first-order valence-electron chi connectivity index (χ1n) is 8.45. The van der Waals surface area contributed by atoms with Gasteiger partial charge in [-0.15, -0.1) is 11.3 Å². The maximum absolute atomic E-state index is 12.6. The Morgan fingerprint density at radius 2 is 2.07 bits per heavy atom. The summed E-state index contributed by atoms with van der Waals surface area (Å²) in [6.07, 6.45) is 2.15. The lowest BCUT2D eigenvalue weighted by molar-refractivity contribution is 0.0997. The standard InChI is InChI=1S/C19H13N3O4S/c23-13-9-15(25-14-4-2-1-3-11(13)14)18(24)20-12-7-8-27-16(12)19-21-17(22-26-19)10-5-6-10/h1-4,7-10H,5-6H2,(H,20,24). The lowest BCUT2D eigenvalue weighted by Gasteiger charge is -2.05. The van der Waals surface area contributed by atoms with Crippen LogP contribution in [-0.2, 0) is 0 Å². The van der Waals surface area contributed by atoms with E-state index >= 15 is 0 Å². The van der Waals surface area contributed by atoms with Gasteiger partial charge in [-0.3, -0.25) is 9.59 Å². The highest BCUT2D eigenvalue weighted by molar-refractivity contribution is 7.14. The van der Waals surface area contributed by atoms with Gasteiger partial charge >= 0.3 is 0 Å². The van der Waals surface area contributed by atoms with Gasteiger partial charge in [-0.05, 0) is 36.4 Å². The Morgan fingerprint density at radius 1 is 1.22 bits per heavy atom. The largest absolute Gasteiger partial charge is 0.451 e. The molecule has 27 heavy (non-hydrogen) atoms. The summed E-state index contributed by atoms with van der Waals surface area (Å²) in [5, 5.41) is 9.02. The van der Waals surface area contributed by atoms with E-state index in [0.29, 0.717) is 39.2 Å². The quantitative estimate of drug-likeness (QED) is 0.575. The van der Waals surface area contributed by atoms with E-state index in [2.05, 4.69) is 15.5 Å². The van der Waals surface area contributed by atoms with Crippen LogP contribution in [0.1, 0.15) is 35.1 Å². The normalized spacial score (nSPS) is 13.8. The molecule has 0 unspecified atom stereocenters. The van der Waals surface area contributed by atoms with E-state index in [9.17, 15) is 9.59 Å². The molecule has 8 heteroatoms. The number of nitrogens with zero attached hydrogens (tertiary/aromatic N) is 2. The number of hydrogen-bond donors (Lipinski definition) is 1. The third-order valence-corrected chi connectivity index (χ3v) is 5.25. The number of aromatic nitrogens is 2. The summed E-state index contributed by atoms with van der Waals surface area (Å²) in [5.41, 5.74) is 0.636. The lowest BCUT2D eigenvalue weighted by atomic mass is 10.2. The molecule has 0 spiro atoms. The van der Waals surface area contributed by atoms with Crippen LogP contribution >= 0.6 is 11.3 Å². The van der Waals surface area contributed by atoms with E-state index in [1.54, 1.807) is 30.3 Å². The van der Waals surface area contributed by atoms with Crippen LogP contribution in [0, 0.1) is 0 Å². The molecule has 7 nitrogen and oxygen atoms in total. The van der Waals surface area contributed by atoms with Crippen molar-refractivity contribution in [3.8, 4) is 10.8 Å². The minimum Gasteiger partial charge on any atom is -0.451 e. The lowest BCUT2D eigenvalue weighted by Crippen LogP contribution is -2.15. The molecule has 0 bridgehead atoms. The Bertz CT molecular complexity index is 1220. The van der Waals surface area contributed by atoms with Gasteiger partial charge in [0.15, 0.2) is 17.0 Å². The van der Waals surface area contributed by atoms with Crippen molar-refractivity contribution in [2.45, 2.75) is 18.8 Å². The first kappa shape index (κ1) is 16.0. The third-order valence-electron chi connectivity index (χ3n) is 4.35. The number of para-hydroxylation sites is 1. The summed E-state index contributed by atoms with van der Waals surface area (Å²) in [5.74, 6) is 0.894. The van der Waals surface area contributed by atoms with Gasteiger partial charge in [0.25, 0.3) is 11.8 Å². The van der Waals surface area contributed by atoms with E-state index in [1.165, 1.54) is 17.4 Å². The van der Waals surface area contributed by atoms with Gasteiger partial charge < -0.3 is 14.3 Å². The van der Waals surface area contributed by atoms with E-state index in [0.717, 1.165) is 12.8 Å². The number of hydrogen-bond acceptors (Lipinski definition) is 7. The minimum atomic E-state index is -0.514. The summed E-state index contributed by atoms with van der Waals surface area (Å²) in [6, 6.07) is 9.75. The van der Waals surface area contributed by atoms with Crippen molar-refractivity contribution in [3.63, 3.8) is 0 Å². The number of thiophene rings is 1. The van der Waals surface area contributed by atoms with Crippen LogP contribution in [0.5, 0.6) is 0 Å². The molecule has 5 rings (SSSR count). The summed E-state index contributed by atoms with van der Waals surface area (Å²) in [4.78, 5) is 29.9. The smallest absolute Gasteiger partial charge is 0.291 e. The van der Waals surface area contributed by atoms with E-state index < -0.39 is 5.91 Å². The van der Waals surface area contributed by atoms with Gasteiger partial charge in [0, 0.05) is 12.0 Å². The number of benzene rings is 1. The monoisotopic (exact) mass is 379 g/mol. The Labute approximate surface area is 156 Å². The molecule has 1 aliphatic rings. The van der Waals surface area contributed by atoms with Crippen LogP contribution in [0.15, 0.2) is 55.5 Å². The Balaban J connectivity index is 1.45. The van der Waals surface area contributed by atoms with Crippen molar-refractivity contribution < 1.29 is 13.7 Å². The predicted molar refractivity (Wildman–Crippen MR) is 100 cm³/mol. The highest BCUT2D eigenvalue weighted by Crippen LogP contribution is 2.40. The summed E-state index contributed by atoms with van der Waals surface area (Å²) in [7, 11) is 0. The molecule has 0 atom stereocenters. The molecule has 1 amide bonds. The molecule has 134 valence electrons. The second-order valence-electron chi connectivity index (χ2n) is 6.32. The molecule has 0 aliphatic heterocycles. The van der Waals surface area contributed by atoms with Crippen molar-refractivity contribution in [1.82, 2.24) is 10.1 Å². The summed E-state index contributed by atoms with van der Waals surface area (Å²) >= 11 is 1.39. The molecular weight excluding hydrogens is 366 g/mol. The average molecular weight is 379 g/mol. The summed E-state index contributed by atoms with van der Waals surface area (Å²) in [6.45, 7) is 0. The number of carbonyl (C=O) groups excluding carboxylic acids is 1. The molecule has 1 fully saturated rings. The second kappa shape index (κ2) is 6.17. The molecule has 1 aromatic carbocycles. The first-order chi connectivity index (χ1) is 13.2. The van der Waals surface area contributed by atoms with Gasteiger partial charge in [0.1, 0.15) is 10.5 Å². The van der Waals surface area contributed by atoms with Crippen molar-refractivity contribution in [3.05, 3.63) is 63.6 Å². The van der Waals surface area contributed by atoms with Crippen LogP contribution in [-0.4, -0.2) is 16.0 Å². The Kier molecular flexibility index (Phi) is 3.64. The fraction of sp³-hybridized carbons (Fsp3) is 0.158. The highest BCUT2D eigenvalue weighted by atomic mass is 32.1. The van der Waals surface area contributed by atoms with Gasteiger partial charge in [-0.25, -0.2) is 0 Å². The van der Waals surface area contributed by atoms with E-state index in [1.807, 2.05) is 5.38 Å². The molecule has 0 radical (unpaired) electrons. The van der Waals surface area contributed by atoms with Crippen LogP contribution in [0.25, 0.3) is 21.7 Å². The molecule has 4 aromatic rings. The maximum atomic E-state index is 12.6. The van der Waals surface area contributed by atoms with Gasteiger partial charge in [0.2, 0.25) is 0 Å². The molecule has 1 saturated carbocycles. The topological polar surface area (TPSA) is 98.2 Å². The Morgan fingerprint density at radius 3 is 2.93 bits per heavy atom. The predicted octanol–water partition coefficient (Wildman–Crippen LogP) is 4.03. The molecule has 0 saturated heterocycles. The maximum Gasteiger partial charge on any atom is 0.291 e. The number of rotatable bonds is 4. The number of nitrogens with one attached hydrogen (secondary N) is 1. The number of amides is 1. The van der Waals surface area contributed by atoms with Gasteiger partial charge in [-0.1, -0.05) is 17.3 Å². The van der Waals surface area contributed by atoms with Crippen molar-refractivity contribution >= 4 is 33.9 Å². The van der Waals surface area contributed by atoms with Crippen LogP contribution in [0.4, 0.5) is 5.69 Å². The fourth-order valence-corrected chi connectivity index (χ4v) is 3.58. The number of anilines is 1. The van der Waals surface area contributed by atoms with E-state index in [4.69, 9.17) is 8.94 Å². The fourth-order valence-electron chi connectivity index (χ4n) is 2.81. The zero-order valence-electron chi connectivity index (χ0n) is 14.0. The molecular formula is C19H13N3O4S. The number of fused-ring (bicyclic) bond motifs is 1. The molecule has 3 aromatic heterocycles. The van der Waals surface area contributed by atoms with Gasteiger partial charge in [0.05, 0.1) is 11.1 Å². The molecule has 1 aliphatic carbocycles. The zero-order valence-corrected chi connectivity index (χ0v) is 14.8. The molecule has 1 N–H and O–H groups in total.